The first-order valence-corrected chi connectivity index (χ1v) is 10.3. The number of hydrogen-bond acceptors (Lipinski definition) is 4. The molecule has 0 heterocycles. The van der Waals surface area contributed by atoms with Crippen LogP contribution in [0.2, 0.25) is 0 Å². The standard InChI is InChI=1S/C24H17F4NO3S/c1-32-23(31)16-3-2-4-18(13-16)29-22(30)12-6-15-5-9-20(14-21(15)24(26,27)28)33-19-10-7-17(25)8-11-19/h2-14H,1H3,(H,29,30)/b12-6+. The number of ether oxygens (including phenoxy) is 1. The van der Waals surface area contributed by atoms with Gasteiger partial charge in [0.1, 0.15) is 5.82 Å². The summed E-state index contributed by atoms with van der Waals surface area (Å²) in [6, 6.07) is 15.1. The summed E-state index contributed by atoms with van der Waals surface area (Å²) >= 11 is 1.06. The Labute approximate surface area is 191 Å². The van der Waals surface area contributed by atoms with Crippen LogP contribution in [0.15, 0.2) is 82.6 Å². The third-order valence-electron chi connectivity index (χ3n) is 4.34. The molecule has 0 spiro atoms. The number of benzene rings is 3. The van der Waals surface area contributed by atoms with Crippen LogP contribution in [0.3, 0.4) is 0 Å². The smallest absolute Gasteiger partial charge is 0.417 e. The van der Waals surface area contributed by atoms with Crippen molar-refractivity contribution in [1.82, 2.24) is 0 Å². The van der Waals surface area contributed by atoms with Gasteiger partial charge in [0, 0.05) is 21.6 Å². The molecule has 4 nitrogen and oxygen atoms in total. The molecule has 9 heteroatoms. The van der Waals surface area contributed by atoms with Gasteiger partial charge in [-0.25, -0.2) is 9.18 Å². The molecule has 3 aromatic rings. The molecule has 0 aliphatic carbocycles. The number of methoxy groups -OCH3 is 1. The number of esters is 1. The molecule has 33 heavy (non-hydrogen) atoms. The van der Waals surface area contributed by atoms with E-state index in [4.69, 9.17) is 0 Å². The van der Waals surface area contributed by atoms with Crippen molar-refractivity contribution >= 4 is 35.4 Å². The monoisotopic (exact) mass is 475 g/mol. The quantitative estimate of drug-likeness (QED) is 0.253. The maximum absolute atomic E-state index is 13.6. The van der Waals surface area contributed by atoms with Gasteiger partial charge < -0.3 is 10.1 Å². The van der Waals surface area contributed by atoms with Crippen molar-refractivity contribution in [3.63, 3.8) is 0 Å². The largest absolute Gasteiger partial charge is 0.465 e. The summed E-state index contributed by atoms with van der Waals surface area (Å²) < 4.78 is 58.5. The van der Waals surface area contributed by atoms with Crippen molar-refractivity contribution in [2.45, 2.75) is 16.0 Å². The molecular formula is C24H17F4NO3S. The Hall–Kier alpha value is -3.59. The lowest BCUT2D eigenvalue weighted by molar-refractivity contribution is -0.137. The van der Waals surface area contributed by atoms with Crippen molar-refractivity contribution in [3.8, 4) is 0 Å². The number of carbonyl (C=O) groups excluding carboxylic acids is 2. The maximum atomic E-state index is 13.6. The second-order valence-corrected chi connectivity index (χ2v) is 7.84. The van der Waals surface area contributed by atoms with Crippen molar-refractivity contribution in [2.75, 3.05) is 12.4 Å². The Kier molecular flexibility index (Phi) is 7.55. The Balaban J connectivity index is 1.78. The van der Waals surface area contributed by atoms with E-state index in [1.54, 1.807) is 0 Å². The minimum atomic E-state index is -4.65. The zero-order valence-corrected chi connectivity index (χ0v) is 18.0. The fraction of sp³-hybridized carbons (Fsp3) is 0.0833. The molecule has 0 fully saturated rings. The van der Waals surface area contributed by atoms with Gasteiger partial charge in [0.25, 0.3) is 0 Å². The number of alkyl halides is 3. The number of amides is 1. The lowest BCUT2D eigenvalue weighted by Crippen LogP contribution is -2.10. The third-order valence-corrected chi connectivity index (χ3v) is 5.34. The molecule has 3 rings (SSSR count). The predicted octanol–water partition coefficient (Wildman–Crippen LogP) is 6.43. The maximum Gasteiger partial charge on any atom is 0.417 e. The second-order valence-electron chi connectivity index (χ2n) is 6.70. The molecule has 0 atom stereocenters. The molecule has 170 valence electrons. The van der Waals surface area contributed by atoms with E-state index < -0.39 is 29.4 Å². The van der Waals surface area contributed by atoms with Gasteiger partial charge in [-0.15, -0.1) is 0 Å². The average molecular weight is 475 g/mol. The first-order chi connectivity index (χ1) is 15.7. The Morgan fingerprint density at radius 2 is 1.67 bits per heavy atom. The van der Waals surface area contributed by atoms with Crippen LogP contribution < -0.4 is 5.32 Å². The van der Waals surface area contributed by atoms with Crippen molar-refractivity contribution in [2.24, 2.45) is 0 Å². The summed E-state index contributed by atoms with van der Waals surface area (Å²) in [5.41, 5.74) is -0.599. The fourth-order valence-corrected chi connectivity index (χ4v) is 3.68. The fourth-order valence-electron chi connectivity index (χ4n) is 2.82. The van der Waals surface area contributed by atoms with Crippen LogP contribution in [0, 0.1) is 5.82 Å². The second kappa shape index (κ2) is 10.4. The predicted molar refractivity (Wildman–Crippen MR) is 117 cm³/mol. The molecular weight excluding hydrogens is 458 g/mol. The van der Waals surface area contributed by atoms with Crippen LogP contribution in [0.5, 0.6) is 0 Å². The molecule has 1 amide bonds. The number of carbonyl (C=O) groups is 2. The van der Waals surface area contributed by atoms with Gasteiger partial charge in [-0.3, -0.25) is 4.79 Å². The van der Waals surface area contributed by atoms with Gasteiger partial charge in [0.2, 0.25) is 5.91 Å². The molecule has 0 radical (unpaired) electrons. The zero-order valence-electron chi connectivity index (χ0n) is 17.2. The topological polar surface area (TPSA) is 55.4 Å². The molecule has 3 aromatic carbocycles. The Morgan fingerprint density at radius 3 is 2.33 bits per heavy atom. The SMILES string of the molecule is COC(=O)c1cccc(NC(=O)/C=C/c2ccc(Sc3ccc(F)cc3)cc2C(F)(F)F)c1. The average Bonchev–Trinajstić information content (AvgIpc) is 2.78. The van der Waals surface area contributed by atoms with E-state index >= 15 is 0 Å². The number of rotatable bonds is 6. The highest BCUT2D eigenvalue weighted by Crippen LogP contribution is 2.37. The summed E-state index contributed by atoms with van der Waals surface area (Å²) in [7, 11) is 1.22. The van der Waals surface area contributed by atoms with E-state index in [2.05, 4.69) is 10.1 Å². The summed E-state index contributed by atoms with van der Waals surface area (Å²) in [6.07, 6.45) is -2.61. The van der Waals surface area contributed by atoms with E-state index in [1.165, 1.54) is 67.8 Å². The molecule has 1 N–H and O–H groups in total. The van der Waals surface area contributed by atoms with E-state index in [1.807, 2.05) is 0 Å². The lowest BCUT2D eigenvalue weighted by atomic mass is 10.1. The summed E-state index contributed by atoms with van der Waals surface area (Å²) in [4.78, 5) is 24.7. The highest BCUT2D eigenvalue weighted by molar-refractivity contribution is 7.99. The third kappa shape index (κ3) is 6.69. The Bertz CT molecular complexity index is 1190. The molecule has 0 unspecified atom stereocenters. The molecule has 0 bridgehead atoms. The minimum Gasteiger partial charge on any atom is -0.465 e. The van der Waals surface area contributed by atoms with Crippen molar-refractivity contribution < 1.29 is 31.9 Å². The molecule has 0 aliphatic rings. The van der Waals surface area contributed by atoms with E-state index in [9.17, 15) is 27.2 Å². The summed E-state index contributed by atoms with van der Waals surface area (Å²) in [6.45, 7) is 0. The lowest BCUT2D eigenvalue weighted by Gasteiger charge is -2.12. The number of anilines is 1. The normalized spacial score (nSPS) is 11.4. The van der Waals surface area contributed by atoms with Gasteiger partial charge >= 0.3 is 12.1 Å². The molecule has 0 saturated carbocycles. The van der Waals surface area contributed by atoms with Gasteiger partial charge in [0.05, 0.1) is 18.2 Å². The highest BCUT2D eigenvalue weighted by atomic mass is 32.2. The van der Waals surface area contributed by atoms with Crippen molar-refractivity contribution in [3.05, 3.63) is 95.3 Å². The van der Waals surface area contributed by atoms with Crippen LogP contribution in [-0.2, 0) is 15.7 Å². The minimum absolute atomic E-state index is 0.190. The molecule has 0 saturated heterocycles. The van der Waals surface area contributed by atoms with E-state index in [0.717, 1.165) is 30.0 Å². The van der Waals surface area contributed by atoms with Crippen LogP contribution in [0.25, 0.3) is 6.08 Å². The molecule has 0 aromatic heterocycles. The van der Waals surface area contributed by atoms with E-state index in [-0.39, 0.29) is 16.8 Å². The molecule has 0 aliphatic heterocycles. The van der Waals surface area contributed by atoms with Gasteiger partial charge in [-0.05, 0) is 66.2 Å². The Morgan fingerprint density at radius 1 is 0.970 bits per heavy atom. The number of halogens is 4. The summed E-state index contributed by atoms with van der Waals surface area (Å²) in [5, 5.41) is 2.49. The number of hydrogen-bond donors (Lipinski definition) is 1. The summed E-state index contributed by atoms with van der Waals surface area (Å²) in [5.74, 6) is -1.70. The first-order valence-electron chi connectivity index (χ1n) is 9.48. The van der Waals surface area contributed by atoms with Crippen LogP contribution >= 0.6 is 11.8 Å². The van der Waals surface area contributed by atoms with Gasteiger partial charge in [0.15, 0.2) is 0 Å². The van der Waals surface area contributed by atoms with Gasteiger partial charge in [-0.1, -0.05) is 23.9 Å². The van der Waals surface area contributed by atoms with Crippen LogP contribution in [-0.4, -0.2) is 19.0 Å². The van der Waals surface area contributed by atoms with E-state index in [0.29, 0.717) is 9.79 Å². The van der Waals surface area contributed by atoms with Gasteiger partial charge in [-0.2, -0.15) is 13.2 Å². The van der Waals surface area contributed by atoms with Crippen molar-refractivity contribution in [1.29, 1.82) is 0 Å². The highest BCUT2D eigenvalue weighted by Gasteiger charge is 2.33. The number of nitrogens with one attached hydrogen (secondary N) is 1. The van der Waals surface area contributed by atoms with Crippen LogP contribution in [0.1, 0.15) is 21.5 Å². The zero-order chi connectivity index (χ0) is 24.0. The van der Waals surface area contributed by atoms with Crippen LogP contribution in [0.4, 0.5) is 23.2 Å². The first kappa shape index (κ1) is 24.1.